The summed E-state index contributed by atoms with van der Waals surface area (Å²) in [6.07, 6.45) is 3.43. The average molecular weight is 484 g/mol. The SMILES string of the molecule is C[C@H](CSC(=O)CCCCON(O)O)C(=O)N1CCC[C@H]1C(=O)OCCCCON(O)O. The minimum Gasteiger partial charge on any atom is -0.464 e. The number of rotatable bonds is 16. The van der Waals surface area contributed by atoms with Gasteiger partial charge in [0.05, 0.1) is 30.6 Å². The van der Waals surface area contributed by atoms with Crippen LogP contribution in [0.5, 0.6) is 0 Å². The van der Waals surface area contributed by atoms with Gasteiger partial charge in [0.1, 0.15) is 6.04 Å². The van der Waals surface area contributed by atoms with Crippen molar-refractivity contribution in [2.24, 2.45) is 5.92 Å². The lowest BCUT2D eigenvalue weighted by Crippen LogP contribution is -2.44. The minimum absolute atomic E-state index is 0.0597. The quantitative estimate of drug-likeness (QED) is 0.141. The third-order valence-corrected chi connectivity index (χ3v) is 5.89. The van der Waals surface area contributed by atoms with Crippen LogP contribution in [0.3, 0.4) is 0 Å². The van der Waals surface area contributed by atoms with Crippen LogP contribution in [0.2, 0.25) is 0 Å². The summed E-state index contributed by atoms with van der Waals surface area (Å²) in [5.41, 5.74) is 0. The molecule has 0 aliphatic carbocycles. The summed E-state index contributed by atoms with van der Waals surface area (Å²) in [4.78, 5) is 47.4. The van der Waals surface area contributed by atoms with E-state index in [4.69, 9.17) is 25.6 Å². The Morgan fingerprint density at radius 3 is 2.22 bits per heavy atom. The Hall–Kier alpha value is -1.36. The molecule has 1 rings (SSSR count). The molecule has 0 aromatic carbocycles. The van der Waals surface area contributed by atoms with Crippen LogP contribution in [0.1, 0.15) is 51.9 Å². The number of likely N-dealkylation sites (tertiary alicyclic amines) is 1. The van der Waals surface area contributed by atoms with Crippen molar-refractivity contribution in [1.29, 1.82) is 0 Å². The second-order valence-corrected chi connectivity index (χ2v) is 8.35. The van der Waals surface area contributed by atoms with Crippen molar-refractivity contribution in [3.63, 3.8) is 0 Å². The maximum Gasteiger partial charge on any atom is 0.328 e. The number of hydrogen-bond acceptors (Lipinski definition) is 13. The maximum absolute atomic E-state index is 12.8. The molecular weight excluding hydrogens is 450 g/mol. The summed E-state index contributed by atoms with van der Waals surface area (Å²) in [5.74, 6) is -0.788. The minimum atomic E-state index is -0.634. The first-order valence-electron chi connectivity index (χ1n) is 10.5. The van der Waals surface area contributed by atoms with E-state index in [0.29, 0.717) is 50.8 Å². The summed E-state index contributed by atoms with van der Waals surface area (Å²) in [7, 11) is 0. The molecule has 0 spiro atoms. The van der Waals surface area contributed by atoms with Crippen molar-refractivity contribution in [2.45, 2.75) is 57.9 Å². The van der Waals surface area contributed by atoms with Crippen molar-refractivity contribution in [3.8, 4) is 0 Å². The fourth-order valence-corrected chi connectivity index (χ4v) is 3.92. The zero-order valence-electron chi connectivity index (χ0n) is 18.1. The molecule has 1 aliphatic heterocycles. The van der Waals surface area contributed by atoms with E-state index in [1.54, 1.807) is 6.92 Å². The summed E-state index contributed by atoms with van der Waals surface area (Å²) in [6, 6.07) is -0.634. The standard InChI is InChI=1S/C18H33N3O10S/c1-14(13-32-16(22)8-2-3-11-30-20(25)26)17(23)19-9-6-7-15(19)18(24)29-10-4-5-12-31-21(27)28/h14-15,25-28H,2-13H2,1H3/t14-,15+/m1/s1. The van der Waals surface area contributed by atoms with Crippen molar-refractivity contribution in [1.82, 2.24) is 15.7 Å². The molecule has 0 saturated carbocycles. The van der Waals surface area contributed by atoms with E-state index in [-0.39, 0.29) is 48.0 Å². The smallest absolute Gasteiger partial charge is 0.328 e. The summed E-state index contributed by atoms with van der Waals surface area (Å²) in [6.45, 7) is 2.45. The number of ether oxygens (including phenoxy) is 1. The number of amides is 1. The van der Waals surface area contributed by atoms with Gasteiger partial charge in [-0.1, -0.05) is 18.7 Å². The van der Waals surface area contributed by atoms with Crippen LogP contribution in [0.15, 0.2) is 0 Å². The van der Waals surface area contributed by atoms with Gasteiger partial charge in [0, 0.05) is 24.6 Å². The first kappa shape index (κ1) is 28.7. The van der Waals surface area contributed by atoms with Gasteiger partial charge in [-0.25, -0.2) is 4.79 Å². The fraction of sp³-hybridized carbons (Fsp3) is 0.833. The van der Waals surface area contributed by atoms with Crippen LogP contribution < -0.4 is 0 Å². The van der Waals surface area contributed by atoms with Gasteiger partial charge in [0.2, 0.25) is 5.91 Å². The van der Waals surface area contributed by atoms with E-state index in [9.17, 15) is 14.4 Å². The monoisotopic (exact) mass is 483 g/mol. The molecular formula is C18H33N3O10S. The molecule has 1 saturated heterocycles. The number of hydrogen-bond donors (Lipinski definition) is 4. The largest absolute Gasteiger partial charge is 0.464 e. The van der Waals surface area contributed by atoms with Gasteiger partial charge < -0.3 is 9.64 Å². The van der Waals surface area contributed by atoms with Gasteiger partial charge in [-0.3, -0.25) is 40.1 Å². The van der Waals surface area contributed by atoms with Crippen LogP contribution in [-0.2, 0) is 28.8 Å². The third kappa shape index (κ3) is 12.0. The van der Waals surface area contributed by atoms with E-state index >= 15 is 0 Å². The molecule has 1 amide bonds. The normalized spacial score (nSPS) is 17.2. The molecule has 1 heterocycles. The third-order valence-electron chi connectivity index (χ3n) is 4.70. The highest BCUT2D eigenvalue weighted by atomic mass is 32.2. The molecule has 0 radical (unpaired) electrons. The predicted octanol–water partition coefficient (Wildman–Crippen LogP) is 1.39. The lowest BCUT2D eigenvalue weighted by atomic mass is 10.1. The van der Waals surface area contributed by atoms with Gasteiger partial charge >= 0.3 is 5.97 Å². The van der Waals surface area contributed by atoms with Gasteiger partial charge in [0.25, 0.3) is 0 Å². The van der Waals surface area contributed by atoms with Crippen LogP contribution in [0, 0.1) is 5.92 Å². The van der Waals surface area contributed by atoms with Crippen molar-refractivity contribution < 1.29 is 49.6 Å². The van der Waals surface area contributed by atoms with Crippen molar-refractivity contribution >= 4 is 28.8 Å². The average Bonchev–Trinajstić information content (AvgIpc) is 3.23. The van der Waals surface area contributed by atoms with Crippen molar-refractivity contribution in [3.05, 3.63) is 0 Å². The molecule has 1 fully saturated rings. The number of thioether (sulfide) groups is 1. The summed E-state index contributed by atoms with van der Waals surface area (Å²) < 4.78 is 5.24. The molecule has 0 unspecified atom stereocenters. The van der Waals surface area contributed by atoms with E-state index in [0.717, 1.165) is 11.8 Å². The Bertz CT molecular complexity index is 581. The molecule has 13 nitrogen and oxygen atoms in total. The Balaban J connectivity index is 2.29. The van der Waals surface area contributed by atoms with Crippen LogP contribution in [0.25, 0.3) is 0 Å². The molecule has 1 aliphatic rings. The molecule has 4 N–H and O–H groups in total. The number of unbranched alkanes of at least 4 members (excludes halogenated alkanes) is 2. The number of carbonyl (C=O) groups is 3. The molecule has 0 aromatic heterocycles. The highest BCUT2D eigenvalue weighted by Crippen LogP contribution is 2.23. The van der Waals surface area contributed by atoms with Crippen LogP contribution >= 0.6 is 11.8 Å². The second-order valence-electron chi connectivity index (χ2n) is 7.28. The van der Waals surface area contributed by atoms with Gasteiger partial charge in [-0.05, 0) is 38.5 Å². The molecule has 0 aromatic rings. The Labute approximate surface area is 190 Å². The van der Waals surface area contributed by atoms with Crippen LogP contribution in [0.4, 0.5) is 0 Å². The zero-order chi connectivity index (χ0) is 23.9. The highest BCUT2D eigenvalue weighted by Gasteiger charge is 2.36. The summed E-state index contributed by atoms with van der Waals surface area (Å²) in [5, 5.41) is 32.8. The lowest BCUT2D eigenvalue weighted by Gasteiger charge is -2.26. The van der Waals surface area contributed by atoms with E-state index in [1.807, 2.05) is 0 Å². The van der Waals surface area contributed by atoms with E-state index in [2.05, 4.69) is 9.68 Å². The van der Waals surface area contributed by atoms with Crippen LogP contribution in [-0.4, -0.2) is 91.7 Å². The Morgan fingerprint density at radius 1 is 1.00 bits per heavy atom. The Morgan fingerprint density at radius 2 is 1.59 bits per heavy atom. The van der Waals surface area contributed by atoms with Gasteiger partial charge in [0.15, 0.2) is 5.12 Å². The maximum atomic E-state index is 12.8. The first-order chi connectivity index (χ1) is 15.2. The Kier molecular flexibility index (Phi) is 14.6. The van der Waals surface area contributed by atoms with E-state index in [1.165, 1.54) is 4.90 Å². The van der Waals surface area contributed by atoms with Crippen molar-refractivity contribution in [2.75, 3.05) is 32.1 Å². The fourth-order valence-electron chi connectivity index (χ4n) is 3.06. The topological polar surface area (TPSA) is 170 Å². The second kappa shape index (κ2) is 16.3. The molecule has 14 heteroatoms. The number of esters is 1. The van der Waals surface area contributed by atoms with Gasteiger partial charge in [-0.15, -0.1) is 0 Å². The molecule has 186 valence electrons. The number of carbonyl (C=O) groups excluding carboxylic acids is 3. The highest BCUT2D eigenvalue weighted by molar-refractivity contribution is 8.13. The lowest BCUT2D eigenvalue weighted by molar-refractivity contribution is -0.492. The molecule has 2 atom stereocenters. The molecule has 32 heavy (non-hydrogen) atoms. The summed E-state index contributed by atoms with van der Waals surface area (Å²) >= 11 is 1.07. The number of nitrogens with zero attached hydrogens (tertiary/aromatic N) is 3. The first-order valence-corrected chi connectivity index (χ1v) is 11.4. The van der Waals surface area contributed by atoms with Gasteiger partial charge in [-0.2, -0.15) is 0 Å². The molecule has 0 bridgehead atoms. The zero-order valence-corrected chi connectivity index (χ0v) is 18.9. The van der Waals surface area contributed by atoms with E-state index < -0.39 is 17.9 Å². The predicted molar refractivity (Wildman–Crippen MR) is 108 cm³/mol.